The molecule has 0 radical (unpaired) electrons. The van der Waals surface area contributed by atoms with Crippen molar-refractivity contribution in [2.45, 2.75) is 10.6 Å². The van der Waals surface area contributed by atoms with E-state index in [1.807, 2.05) is 0 Å². The Hall–Kier alpha value is 0.439. The van der Waals surface area contributed by atoms with Crippen LogP contribution < -0.4 is 0 Å². The fourth-order valence-corrected chi connectivity index (χ4v) is 1.90. The van der Waals surface area contributed by atoms with Crippen LogP contribution in [0.15, 0.2) is 0 Å². The van der Waals surface area contributed by atoms with Crippen LogP contribution in [0.5, 0.6) is 0 Å². The molecule has 0 aliphatic rings. The first-order chi connectivity index (χ1) is 4.13. The van der Waals surface area contributed by atoms with E-state index in [1.54, 1.807) is 0 Å². The Balaban J connectivity index is 3.10. The van der Waals surface area contributed by atoms with Gasteiger partial charge < -0.3 is 0 Å². The standard InChI is InChI=1S/C4H4Cl2O2Se/c5-3(7)1-9-2-4(6)8/h1-2H2. The Kier molecular flexibility index (Phi) is 5.50. The Bertz CT molecular complexity index is 112. The monoisotopic (exact) mass is 234 g/mol. The zero-order valence-electron chi connectivity index (χ0n) is 4.39. The number of hydrogen-bond donors (Lipinski definition) is 0. The Morgan fingerprint density at radius 1 is 1.11 bits per heavy atom. The molecule has 0 aromatic rings. The van der Waals surface area contributed by atoms with Gasteiger partial charge in [-0.1, -0.05) is 0 Å². The summed E-state index contributed by atoms with van der Waals surface area (Å²) in [5.41, 5.74) is 0. The fraction of sp³-hybridized carbons (Fsp3) is 0.500. The van der Waals surface area contributed by atoms with Gasteiger partial charge in [-0.25, -0.2) is 0 Å². The van der Waals surface area contributed by atoms with Crippen molar-refractivity contribution < 1.29 is 9.59 Å². The number of hydrogen-bond acceptors (Lipinski definition) is 2. The zero-order valence-corrected chi connectivity index (χ0v) is 7.62. The SMILES string of the molecule is O=C(Cl)C[Se]CC(=O)Cl. The molecule has 0 aromatic carbocycles. The third-order valence-electron chi connectivity index (χ3n) is 0.431. The quantitative estimate of drug-likeness (QED) is 0.538. The number of rotatable bonds is 4. The van der Waals surface area contributed by atoms with Crippen molar-refractivity contribution in [1.82, 2.24) is 0 Å². The van der Waals surface area contributed by atoms with Crippen molar-refractivity contribution in [3.63, 3.8) is 0 Å². The molecule has 0 saturated heterocycles. The van der Waals surface area contributed by atoms with Gasteiger partial charge in [-0.05, 0) is 0 Å². The van der Waals surface area contributed by atoms with Crippen LogP contribution in [0, 0.1) is 0 Å². The third-order valence-corrected chi connectivity index (χ3v) is 3.37. The Morgan fingerprint density at radius 2 is 1.44 bits per heavy atom. The topological polar surface area (TPSA) is 34.1 Å². The van der Waals surface area contributed by atoms with Crippen LogP contribution in [0.4, 0.5) is 0 Å². The van der Waals surface area contributed by atoms with E-state index < -0.39 is 10.5 Å². The first-order valence-corrected chi connectivity index (χ1v) is 5.25. The van der Waals surface area contributed by atoms with Crippen molar-refractivity contribution in [1.29, 1.82) is 0 Å². The molecule has 52 valence electrons. The minimum absolute atomic E-state index is 0.0440. The van der Waals surface area contributed by atoms with Crippen molar-refractivity contribution >= 4 is 48.6 Å². The summed E-state index contributed by atoms with van der Waals surface area (Å²) < 4.78 is 0. The summed E-state index contributed by atoms with van der Waals surface area (Å²) in [6, 6.07) is 0. The summed E-state index contributed by atoms with van der Waals surface area (Å²) in [6.07, 6.45) is 0. The zero-order chi connectivity index (χ0) is 7.28. The predicted octanol–water partition coefficient (Wildman–Crippen LogP) is 1.06. The molecule has 0 fully saturated rings. The van der Waals surface area contributed by atoms with E-state index in [4.69, 9.17) is 23.2 Å². The molecule has 0 heterocycles. The Morgan fingerprint density at radius 3 is 1.67 bits per heavy atom. The average Bonchev–Trinajstić information content (AvgIpc) is 1.63. The molecule has 0 aliphatic heterocycles. The van der Waals surface area contributed by atoms with E-state index in [9.17, 15) is 9.59 Å². The molecule has 0 N–H and O–H groups in total. The molecule has 0 aromatic heterocycles. The van der Waals surface area contributed by atoms with Crippen molar-refractivity contribution in [2.75, 3.05) is 0 Å². The molecule has 0 bridgehead atoms. The molecule has 0 atom stereocenters. The van der Waals surface area contributed by atoms with Crippen LogP contribution in [-0.2, 0) is 9.59 Å². The molecule has 0 aliphatic carbocycles. The molecule has 0 unspecified atom stereocenters. The molecule has 0 saturated carbocycles. The first kappa shape index (κ1) is 9.44. The summed E-state index contributed by atoms with van der Waals surface area (Å²) in [7, 11) is 0. The van der Waals surface area contributed by atoms with E-state index in [-0.39, 0.29) is 25.6 Å². The van der Waals surface area contributed by atoms with Gasteiger partial charge in [0.25, 0.3) is 0 Å². The third kappa shape index (κ3) is 8.44. The summed E-state index contributed by atoms with van der Waals surface area (Å²) >= 11 is 9.92. The average molecular weight is 234 g/mol. The Labute approximate surface area is 69.0 Å². The van der Waals surface area contributed by atoms with Gasteiger partial charge in [0.05, 0.1) is 0 Å². The summed E-state index contributed by atoms with van der Waals surface area (Å²) in [4.78, 5) is 20.1. The number of carbonyl (C=O) groups excluding carboxylic acids is 2. The summed E-state index contributed by atoms with van der Waals surface area (Å²) in [5.74, 6) is 0. The molecule has 2 nitrogen and oxygen atoms in total. The molecule has 0 rings (SSSR count). The molecular weight excluding hydrogens is 230 g/mol. The summed E-state index contributed by atoms with van der Waals surface area (Å²) in [6.45, 7) is 0. The van der Waals surface area contributed by atoms with Crippen LogP contribution in [-0.4, -0.2) is 25.4 Å². The first-order valence-electron chi connectivity index (χ1n) is 2.07. The fourth-order valence-electron chi connectivity index (χ4n) is 0.212. The van der Waals surface area contributed by atoms with Gasteiger partial charge in [0.2, 0.25) is 0 Å². The second-order valence-corrected chi connectivity index (χ2v) is 4.11. The number of halogens is 2. The van der Waals surface area contributed by atoms with Gasteiger partial charge in [0, 0.05) is 0 Å². The van der Waals surface area contributed by atoms with E-state index in [0.717, 1.165) is 0 Å². The van der Waals surface area contributed by atoms with Crippen molar-refractivity contribution in [3.8, 4) is 0 Å². The van der Waals surface area contributed by atoms with Crippen molar-refractivity contribution in [2.24, 2.45) is 0 Å². The minimum atomic E-state index is -0.395. The number of carbonyl (C=O) groups is 2. The van der Waals surface area contributed by atoms with Gasteiger partial charge in [0.1, 0.15) is 0 Å². The molecule has 0 spiro atoms. The van der Waals surface area contributed by atoms with Crippen molar-refractivity contribution in [3.05, 3.63) is 0 Å². The van der Waals surface area contributed by atoms with Crippen LogP contribution >= 0.6 is 23.2 Å². The molecule has 9 heavy (non-hydrogen) atoms. The van der Waals surface area contributed by atoms with Crippen LogP contribution in [0.3, 0.4) is 0 Å². The maximum atomic E-state index is 10.1. The van der Waals surface area contributed by atoms with E-state index in [2.05, 4.69) is 0 Å². The van der Waals surface area contributed by atoms with E-state index >= 15 is 0 Å². The van der Waals surface area contributed by atoms with Gasteiger partial charge in [-0.3, -0.25) is 0 Å². The van der Waals surface area contributed by atoms with Gasteiger partial charge in [-0.15, -0.1) is 0 Å². The van der Waals surface area contributed by atoms with Crippen LogP contribution in [0.2, 0.25) is 10.6 Å². The second kappa shape index (κ2) is 5.24. The normalized spacial score (nSPS) is 9.11. The van der Waals surface area contributed by atoms with Gasteiger partial charge >= 0.3 is 68.9 Å². The van der Waals surface area contributed by atoms with Gasteiger partial charge in [-0.2, -0.15) is 0 Å². The maximum absolute atomic E-state index is 10.1. The second-order valence-electron chi connectivity index (χ2n) is 1.20. The molecule has 0 amide bonds. The predicted molar refractivity (Wildman–Crippen MR) is 37.1 cm³/mol. The van der Waals surface area contributed by atoms with Crippen LogP contribution in [0.25, 0.3) is 0 Å². The van der Waals surface area contributed by atoms with Crippen LogP contribution in [0.1, 0.15) is 0 Å². The van der Waals surface area contributed by atoms with Gasteiger partial charge in [0.15, 0.2) is 0 Å². The molecule has 5 heteroatoms. The summed E-state index contributed by atoms with van der Waals surface area (Å²) in [5, 5.41) is -0.221. The van der Waals surface area contributed by atoms with E-state index in [1.165, 1.54) is 0 Å². The van der Waals surface area contributed by atoms with E-state index in [0.29, 0.717) is 0 Å². The molecular formula is C4H4Cl2O2Se.